The molecule has 3 aliphatic rings. The number of hydrogen-bond acceptors (Lipinski definition) is 9. The van der Waals surface area contributed by atoms with E-state index in [1.54, 1.807) is 6.07 Å². The minimum absolute atomic E-state index is 0.0349. The SMILES string of the molecule is C#Cc1c(F)ccc2cc(OCOC)cc(-c3c(F)cc4c(N5CCN[C@@H](CC#N)C5)nc(OC[C@@]56CCCN5C[C@H](F)C6)nc4c3F)c12. The van der Waals surface area contributed by atoms with Crippen LogP contribution in [0, 0.1) is 41.1 Å². The van der Waals surface area contributed by atoms with Crippen LogP contribution in [0.25, 0.3) is 32.8 Å². The van der Waals surface area contributed by atoms with Crippen LogP contribution in [0.4, 0.5) is 23.4 Å². The van der Waals surface area contributed by atoms with Gasteiger partial charge in [-0.3, -0.25) is 4.90 Å². The average molecular weight is 675 g/mol. The molecule has 13 heteroatoms. The van der Waals surface area contributed by atoms with Crippen LogP contribution in [0.5, 0.6) is 11.8 Å². The van der Waals surface area contributed by atoms with Gasteiger partial charge in [0.1, 0.15) is 41.5 Å². The average Bonchev–Trinajstić information content (AvgIpc) is 3.62. The summed E-state index contributed by atoms with van der Waals surface area (Å²) in [5.41, 5.74) is -1.43. The Labute approximate surface area is 280 Å². The van der Waals surface area contributed by atoms with Gasteiger partial charge in [0.25, 0.3) is 0 Å². The maximum atomic E-state index is 17.1. The molecule has 3 fully saturated rings. The van der Waals surface area contributed by atoms with Gasteiger partial charge in [-0.15, -0.1) is 6.42 Å². The van der Waals surface area contributed by atoms with Gasteiger partial charge in [-0.05, 0) is 49.0 Å². The summed E-state index contributed by atoms with van der Waals surface area (Å²) >= 11 is 0. The molecule has 7 rings (SSSR count). The fourth-order valence-corrected chi connectivity index (χ4v) is 7.59. The summed E-state index contributed by atoms with van der Waals surface area (Å²) in [5.74, 6) is 0.0767. The summed E-state index contributed by atoms with van der Waals surface area (Å²) in [6.45, 7) is 2.33. The molecule has 0 aliphatic carbocycles. The molecule has 4 heterocycles. The summed E-state index contributed by atoms with van der Waals surface area (Å²) in [6, 6.07) is 8.58. The zero-order valence-corrected chi connectivity index (χ0v) is 26.9. The second-order valence-electron chi connectivity index (χ2n) is 12.8. The van der Waals surface area contributed by atoms with Crippen molar-refractivity contribution in [2.24, 2.45) is 0 Å². The zero-order chi connectivity index (χ0) is 34.3. The maximum Gasteiger partial charge on any atom is 0.319 e. The monoisotopic (exact) mass is 674 g/mol. The first-order valence-corrected chi connectivity index (χ1v) is 16.2. The van der Waals surface area contributed by atoms with Crippen LogP contribution in [-0.4, -0.2) is 85.9 Å². The number of ether oxygens (including phenoxy) is 3. The van der Waals surface area contributed by atoms with Crippen LogP contribution in [0.3, 0.4) is 0 Å². The first-order chi connectivity index (χ1) is 23.7. The first-order valence-electron chi connectivity index (χ1n) is 16.2. The summed E-state index contributed by atoms with van der Waals surface area (Å²) in [4.78, 5) is 13.1. The summed E-state index contributed by atoms with van der Waals surface area (Å²) in [5, 5.41) is 13.2. The lowest BCUT2D eigenvalue weighted by atomic mass is 9.92. The number of benzene rings is 3. The standard InChI is InChI=1S/C36H34F4N6O3/c1-3-25-28(38)6-5-21-13-24(49-20-47-2)14-26(30(21)25)31-29(39)15-27-33(32(31)40)43-35(44-34(27)45-12-10-42-23(18-45)7-9-41)48-19-36-8-4-11-46(36)17-22(37)16-36/h1,5-6,13-15,22-23,42H,4,7-8,10-12,16-20H2,2H3/t22-,23+,36+/m1/s1. The number of aromatic nitrogens is 2. The molecule has 0 amide bonds. The molecule has 1 N–H and O–H groups in total. The van der Waals surface area contributed by atoms with Gasteiger partial charge in [0.05, 0.1) is 29.2 Å². The Kier molecular flexibility index (Phi) is 8.92. The number of terminal acetylenes is 1. The van der Waals surface area contributed by atoms with Gasteiger partial charge >= 0.3 is 6.01 Å². The van der Waals surface area contributed by atoms with Crippen LogP contribution in [0.1, 0.15) is 31.2 Å². The van der Waals surface area contributed by atoms with Crippen molar-refractivity contribution in [2.45, 2.75) is 43.4 Å². The summed E-state index contributed by atoms with van der Waals surface area (Å²) < 4.78 is 79.9. The Morgan fingerprint density at radius 3 is 2.76 bits per heavy atom. The maximum absolute atomic E-state index is 17.1. The highest BCUT2D eigenvalue weighted by molar-refractivity contribution is 6.04. The molecule has 49 heavy (non-hydrogen) atoms. The number of piperazine rings is 1. The number of rotatable bonds is 9. The van der Waals surface area contributed by atoms with E-state index in [0.29, 0.717) is 38.0 Å². The predicted octanol–water partition coefficient (Wildman–Crippen LogP) is 5.48. The minimum Gasteiger partial charge on any atom is -0.468 e. The Morgan fingerprint density at radius 1 is 1.10 bits per heavy atom. The van der Waals surface area contributed by atoms with Gasteiger partial charge in [-0.25, -0.2) is 17.6 Å². The molecule has 0 saturated carbocycles. The van der Waals surface area contributed by atoms with E-state index in [0.717, 1.165) is 25.5 Å². The number of alkyl halides is 1. The minimum atomic E-state index is -1.03. The second kappa shape index (κ2) is 13.3. The number of nitrogens with zero attached hydrogens (tertiary/aromatic N) is 5. The highest BCUT2D eigenvalue weighted by Gasteiger charge is 2.49. The number of fused-ring (bicyclic) bond motifs is 3. The molecule has 3 atom stereocenters. The van der Waals surface area contributed by atoms with Crippen LogP contribution in [-0.2, 0) is 4.74 Å². The largest absolute Gasteiger partial charge is 0.468 e. The van der Waals surface area contributed by atoms with Crippen LogP contribution >= 0.6 is 0 Å². The van der Waals surface area contributed by atoms with Crippen molar-refractivity contribution < 1.29 is 31.8 Å². The van der Waals surface area contributed by atoms with E-state index in [4.69, 9.17) is 20.6 Å². The molecule has 0 unspecified atom stereocenters. The molecule has 4 aromatic rings. The number of nitriles is 1. The van der Waals surface area contributed by atoms with Gasteiger partial charge in [-0.2, -0.15) is 15.2 Å². The molecular weight excluding hydrogens is 640 g/mol. The molecular formula is C36H34F4N6O3. The molecule has 3 saturated heterocycles. The summed E-state index contributed by atoms with van der Waals surface area (Å²) in [6.07, 6.45) is 6.91. The Hall–Kier alpha value is -4.69. The van der Waals surface area contributed by atoms with Crippen LogP contribution in [0.2, 0.25) is 0 Å². The third-order valence-corrected chi connectivity index (χ3v) is 9.76. The van der Waals surface area contributed by atoms with Gasteiger partial charge in [-0.1, -0.05) is 12.0 Å². The molecule has 9 nitrogen and oxygen atoms in total. The van der Waals surface area contributed by atoms with Gasteiger partial charge in [0.15, 0.2) is 12.6 Å². The van der Waals surface area contributed by atoms with E-state index in [1.807, 2.05) is 4.90 Å². The second-order valence-corrected chi connectivity index (χ2v) is 12.8. The lowest BCUT2D eigenvalue weighted by molar-refractivity contribution is 0.0512. The predicted molar refractivity (Wildman–Crippen MR) is 176 cm³/mol. The number of anilines is 1. The molecule has 254 valence electrons. The van der Waals surface area contributed by atoms with E-state index in [-0.39, 0.29) is 70.9 Å². The molecule has 1 aromatic heterocycles. The molecule has 3 aromatic carbocycles. The van der Waals surface area contributed by atoms with E-state index in [9.17, 15) is 9.65 Å². The van der Waals surface area contributed by atoms with Crippen molar-refractivity contribution >= 4 is 27.5 Å². The summed E-state index contributed by atoms with van der Waals surface area (Å²) in [7, 11) is 1.43. The van der Waals surface area contributed by atoms with Gasteiger partial charge in [0.2, 0.25) is 0 Å². The third-order valence-electron chi connectivity index (χ3n) is 9.76. The first kappa shape index (κ1) is 32.8. The third kappa shape index (κ3) is 5.97. The van der Waals surface area contributed by atoms with Crippen molar-refractivity contribution in [1.29, 1.82) is 5.26 Å². The van der Waals surface area contributed by atoms with Crippen molar-refractivity contribution in [2.75, 3.05) is 58.1 Å². The van der Waals surface area contributed by atoms with Crippen LogP contribution < -0.4 is 19.7 Å². The Bertz CT molecular complexity index is 2020. The van der Waals surface area contributed by atoms with Crippen molar-refractivity contribution in [1.82, 2.24) is 20.2 Å². The molecule has 0 radical (unpaired) electrons. The van der Waals surface area contributed by atoms with Gasteiger partial charge < -0.3 is 24.4 Å². The van der Waals surface area contributed by atoms with E-state index in [2.05, 4.69) is 32.2 Å². The van der Waals surface area contributed by atoms with E-state index in [1.165, 1.54) is 25.3 Å². The smallest absolute Gasteiger partial charge is 0.319 e. The van der Waals surface area contributed by atoms with Crippen molar-refractivity contribution in [3.05, 3.63) is 53.3 Å². The Balaban J connectivity index is 1.41. The normalized spacial score (nSPS) is 22.3. The van der Waals surface area contributed by atoms with Crippen molar-refractivity contribution in [3.63, 3.8) is 0 Å². The molecule has 0 spiro atoms. The zero-order valence-electron chi connectivity index (χ0n) is 26.9. The Morgan fingerprint density at radius 2 is 1.96 bits per heavy atom. The molecule has 3 aliphatic heterocycles. The fraction of sp³-hybridized carbons (Fsp3) is 0.417. The van der Waals surface area contributed by atoms with E-state index >= 15 is 13.2 Å². The number of nitrogens with one attached hydrogen (secondary N) is 1. The highest BCUT2D eigenvalue weighted by Crippen LogP contribution is 2.43. The lowest BCUT2D eigenvalue weighted by Crippen LogP contribution is -2.51. The quantitative estimate of drug-likeness (QED) is 0.141. The van der Waals surface area contributed by atoms with Crippen LogP contribution in [0.15, 0.2) is 30.3 Å². The number of hydrogen-bond donors (Lipinski definition) is 1. The number of halogens is 4. The number of methoxy groups -OCH3 is 1. The highest BCUT2D eigenvalue weighted by atomic mass is 19.1. The topological polar surface area (TPSA) is 95.8 Å². The lowest BCUT2D eigenvalue weighted by Gasteiger charge is -2.34. The van der Waals surface area contributed by atoms with Gasteiger partial charge in [0, 0.05) is 62.1 Å². The molecule has 0 bridgehead atoms. The van der Waals surface area contributed by atoms with Crippen molar-refractivity contribution in [3.8, 4) is 41.3 Å². The van der Waals surface area contributed by atoms with E-state index < -0.39 is 34.7 Å². The fourth-order valence-electron chi connectivity index (χ4n) is 7.59.